The van der Waals surface area contributed by atoms with Crippen molar-refractivity contribution in [2.45, 2.75) is 19.3 Å². The van der Waals surface area contributed by atoms with Crippen molar-refractivity contribution in [3.63, 3.8) is 0 Å². The highest BCUT2D eigenvalue weighted by atomic mass is 32.4. The smallest absolute Gasteiger partial charge is 0.0988 e. The van der Waals surface area contributed by atoms with Gasteiger partial charge in [-0.1, -0.05) is 189 Å². The van der Waals surface area contributed by atoms with Gasteiger partial charge in [0.15, 0.2) is 0 Å². The lowest BCUT2D eigenvalue weighted by molar-refractivity contribution is 0.634. The van der Waals surface area contributed by atoms with E-state index in [9.17, 15) is 0 Å². The van der Waals surface area contributed by atoms with E-state index in [1.807, 2.05) is 43.0 Å². The molecule has 5 nitrogen and oxygen atoms in total. The Morgan fingerprint density at radius 3 is 1.33 bits per heavy atom. The van der Waals surface area contributed by atoms with Crippen LogP contribution in [0.2, 0.25) is 0 Å². The van der Waals surface area contributed by atoms with E-state index in [1.54, 1.807) is 0 Å². The third-order valence-electron chi connectivity index (χ3n) is 13.8. The van der Waals surface area contributed by atoms with Crippen molar-refractivity contribution in [3.05, 3.63) is 260 Å². The number of hydrogen-bond acceptors (Lipinski definition) is 4. The fourth-order valence-corrected chi connectivity index (χ4v) is 18.7. The summed E-state index contributed by atoms with van der Waals surface area (Å²) in [6, 6.07) is 79.5. The van der Waals surface area contributed by atoms with Crippen LogP contribution in [0.5, 0.6) is 0 Å². The van der Waals surface area contributed by atoms with Crippen molar-refractivity contribution in [1.82, 2.24) is 18.9 Å². The predicted octanol–water partition coefficient (Wildman–Crippen LogP) is 14.1. The van der Waals surface area contributed by atoms with Crippen LogP contribution < -0.4 is 25.9 Å². The summed E-state index contributed by atoms with van der Waals surface area (Å²) in [4.78, 5) is 8.94. The highest BCUT2D eigenvalue weighted by Crippen LogP contribution is 2.61. The molecular weight excluding hydrogens is 929 g/mol. The fraction of sp³-hybridized carbons (Fsp3) is 0.0492. The lowest BCUT2D eigenvalue weighted by Gasteiger charge is -2.47. The zero-order valence-electron chi connectivity index (χ0n) is 38.6. The summed E-state index contributed by atoms with van der Waals surface area (Å²) >= 11 is 13.5. The molecule has 0 radical (unpaired) electrons. The zero-order chi connectivity index (χ0) is 47.5. The standard InChI is InChI=1S/C35H24N3PS.C26H23N2PS/c40-39(26-11-2-1-3-12-26,27-13-10-22-36-24-27)38-34-19-9-6-16-30(34)31-23-25(20-21-35(31)38)37-32-17-7-4-14-28(32)29-15-5-8-18-33(29)37;1-26(2)22-14-6-8-16-24(22)28(25-17-9-7-15-23(25)26)29(30,20-11-4-3-5-12-20)21-13-10-18-27-19-21/h1-24H;3-19H,1-2H3. The lowest BCUT2D eigenvalue weighted by atomic mass is 9.74. The lowest BCUT2D eigenvalue weighted by Crippen LogP contribution is -2.36. The summed E-state index contributed by atoms with van der Waals surface area (Å²) in [6.07, 6.45) is 2.61. The number of benzene rings is 8. The molecule has 1 aliphatic rings. The van der Waals surface area contributed by atoms with Crippen molar-refractivity contribution in [2.24, 2.45) is 0 Å². The first-order valence-corrected chi connectivity index (χ1v) is 29.0. The number of pyridine rings is 2. The summed E-state index contributed by atoms with van der Waals surface area (Å²) in [5.74, 6) is 0. The molecule has 0 saturated heterocycles. The van der Waals surface area contributed by atoms with Crippen LogP contribution in [0, 0.1) is 0 Å². The topological polar surface area (TPSA) is 38.9 Å². The van der Waals surface area contributed by atoms with E-state index in [0.29, 0.717) is 0 Å². The molecule has 0 saturated carbocycles. The molecule has 5 heterocycles. The molecule has 0 spiro atoms. The first-order valence-electron chi connectivity index (χ1n) is 23.4. The van der Waals surface area contributed by atoms with Crippen LogP contribution in [0.15, 0.2) is 249 Å². The molecule has 1 aliphatic heterocycles. The molecule has 0 aliphatic carbocycles. The molecule has 338 valence electrons. The second kappa shape index (κ2) is 17.6. The van der Waals surface area contributed by atoms with Crippen LogP contribution in [-0.4, -0.2) is 18.9 Å². The molecule has 12 aromatic rings. The van der Waals surface area contributed by atoms with Gasteiger partial charge in [-0.05, 0) is 83.9 Å². The molecular formula is C61H47N5P2S2. The Balaban J connectivity index is 0.000000151. The van der Waals surface area contributed by atoms with Gasteiger partial charge in [-0.15, -0.1) is 0 Å². The molecule has 2 atom stereocenters. The Hall–Kier alpha value is -7.24. The summed E-state index contributed by atoms with van der Waals surface area (Å²) < 4.78 is 7.24. The summed E-state index contributed by atoms with van der Waals surface area (Å²) in [6.45, 7) is 4.61. The maximum absolute atomic E-state index is 6.78. The van der Waals surface area contributed by atoms with E-state index >= 15 is 0 Å². The molecule has 0 fully saturated rings. The number of fused-ring (bicyclic) bond motifs is 8. The van der Waals surface area contributed by atoms with E-state index in [4.69, 9.17) is 23.6 Å². The maximum atomic E-state index is 6.78. The monoisotopic (exact) mass is 975 g/mol. The molecule has 0 bridgehead atoms. The summed E-state index contributed by atoms with van der Waals surface area (Å²) in [7, 11) is 0. The Bertz CT molecular complexity index is 3810. The molecule has 4 aromatic heterocycles. The van der Waals surface area contributed by atoms with Crippen molar-refractivity contribution in [3.8, 4) is 5.69 Å². The van der Waals surface area contributed by atoms with Gasteiger partial charge in [0.05, 0.1) is 45.8 Å². The van der Waals surface area contributed by atoms with Gasteiger partial charge in [-0.25, -0.2) is 0 Å². The van der Waals surface area contributed by atoms with E-state index in [1.165, 1.54) is 55.1 Å². The zero-order valence-corrected chi connectivity index (χ0v) is 42.0. The normalized spacial score (nSPS) is 14.6. The number of anilines is 2. The average Bonchev–Trinajstić information content (AvgIpc) is 3.95. The van der Waals surface area contributed by atoms with Gasteiger partial charge in [-0.3, -0.25) is 9.97 Å². The quantitative estimate of drug-likeness (QED) is 0.149. The van der Waals surface area contributed by atoms with Gasteiger partial charge in [0.1, 0.15) is 0 Å². The van der Waals surface area contributed by atoms with Crippen molar-refractivity contribution in [2.75, 3.05) is 4.67 Å². The van der Waals surface area contributed by atoms with Gasteiger partial charge >= 0.3 is 0 Å². The average molecular weight is 976 g/mol. The van der Waals surface area contributed by atoms with E-state index in [0.717, 1.165) is 37.9 Å². The number of para-hydroxylation sites is 5. The molecule has 9 heteroatoms. The second-order valence-electron chi connectivity index (χ2n) is 18.1. The molecule has 0 N–H and O–H groups in total. The summed E-state index contributed by atoms with van der Waals surface area (Å²) in [5, 5.41) is 9.40. The van der Waals surface area contributed by atoms with Crippen molar-refractivity contribution in [1.29, 1.82) is 0 Å². The maximum Gasteiger partial charge on any atom is 0.0988 e. The highest BCUT2D eigenvalue weighted by molar-refractivity contribution is 8.22. The largest absolute Gasteiger partial charge is 0.309 e. The minimum Gasteiger partial charge on any atom is -0.309 e. The third kappa shape index (κ3) is 6.94. The van der Waals surface area contributed by atoms with Crippen LogP contribution in [-0.2, 0) is 29.0 Å². The van der Waals surface area contributed by atoms with Crippen LogP contribution in [0.25, 0.3) is 49.3 Å². The Kier molecular flexibility index (Phi) is 11.1. The summed E-state index contributed by atoms with van der Waals surface area (Å²) in [5.41, 5.74) is 10.7. The minimum atomic E-state index is -2.49. The number of hydrogen-bond donors (Lipinski definition) is 0. The molecule has 8 aromatic carbocycles. The predicted molar refractivity (Wildman–Crippen MR) is 305 cm³/mol. The number of rotatable bonds is 7. The molecule has 70 heavy (non-hydrogen) atoms. The first kappa shape index (κ1) is 44.0. The highest BCUT2D eigenvalue weighted by Gasteiger charge is 2.42. The van der Waals surface area contributed by atoms with Gasteiger partial charge in [0.2, 0.25) is 0 Å². The van der Waals surface area contributed by atoms with E-state index in [-0.39, 0.29) is 5.41 Å². The second-order valence-corrected chi connectivity index (χ2v) is 26.5. The van der Waals surface area contributed by atoms with Gasteiger partial charge in [-0.2, -0.15) is 0 Å². The van der Waals surface area contributed by atoms with Gasteiger partial charge in [0.25, 0.3) is 0 Å². The number of aromatic nitrogens is 4. The molecule has 13 rings (SSSR count). The van der Waals surface area contributed by atoms with Crippen LogP contribution in [0.1, 0.15) is 25.0 Å². The van der Waals surface area contributed by atoms with Crippen LogP contribution in [0.4, 0.5) is 11.4 Å². The fourth-order valence-electron chi connectivity index (χ4n) is 10.6. The van der Waals surface area contributed by atoms with Crippen molar-refractivity contribution >= 4 is 112 Å². The van der Waals surface area contributed by atoms with E-state index in [2.05, 4.69) is 244 Å². The van der Waals surface area contributed by atoms with Crippen molar-refractivity contribution < 1.29 is 0 Å². The Labute approximate surface area is 418 Å². The Morgan fingerprint density at radius 1 is 0.386 bits per heavy atom. The van der Waals surface area contributed by atoms with Gasteiger partial charge in [0, 0.05) is 78.7 Å². The van der Waals surface area contributed by atoms with Gasteiger partial charge < -0.3 is 13.6 Å². The van der Waals surface area contributed by atoms with Crippen LogP contribution in [0.3, 0.4) is 0 Å². The van der Waals surface area contributed by atoms with E-state index < -0.39 is 12.4 Å². The van der Waals surface area contributed by atoms with Crippen LogP contribution >= 0.6 is 12.4 Å². The molecule has 2 unspecified atom stereocenters. The molecule has 0 amide bonds. The Morgan fingerprint density at radius 2 is 0.800 bits per heavy atom. The minimum absolute atomic E-state index is 0.102. The SMILES string of the molecule is CC1(C)c2ccccc2N(P(=S)(c2ccccc2)c2cccnc2)c2ccccc21.S=P(c1ccccc1)(c1cccnc1)n1c2ccccc2c2cc(-n3c4ccccc4c4ccccc43)ccc21. The third-order valence-corrected chi connectivity index (χ3v) is 23.3. The first-order chi connectivity index (χ1) is 34.3. The number of nitrogens with zero attached hydrogens (tertiary/aromatic N) is 5.